The number of carbonyl (C=O) groups excluding carboxylic acids is 1. The summed E-state index contributed by atoms with van der Waals surface area (Å²) in [6, 6.07) is 18.9. The van der Waals surface area contributed by atoms with Crippen molar-refractivity contribution >= 4 is 18.7 Å². The molecule has 3 nitrogen and oxygen atoms in total. The number of thiol groups is 1. The van der Waals surface area contributed by atoms with Crippen LogP contribution in [-0.4, -0.2) is 16.9 Å². The van der Waals surface area contributed by atoms with Gasteiger partial charge in [0.05, 0.1) is 11.4 Å². The summed E-state index contributed by atoms with van der Waals surface area (Å²) in [5.74, 6) is 0.797. The molecule has 0 saturated carbocycles. The van der Waals surface area contributed by atoms with Crippen LogP contribution in [0.3, 0.4) is 0 Å². The topological polar surface area (TPSA) is 29.5 Å². The molecular weight excluding hydrogens is 282 g/mol. The van der Waals surface area contributed by atoms with E-state index in [1.54, 1.807) is 17.0 Å². The van der Waals surface area contributed by atoms with Crippen LogP contribution in [0, 0.1) is 0 Å². The average Bonchev–Trinajstić information content (AvgIpc) is 2.49. The second kappa shape index (κ2) is 6.68. The first-order valence-corrected chi connectivity index (χ1v) is 7.40. The van der Waals surface area contributed by atoms with E-state index < -0.39 is 11.6 Å². The van der Waals surface area contributed by atoms with Crippen molar-refractivity contribution in [3.8, 4) is 5.75 Å². The molecule has 110 valence electrons. The molecule has 0 heterocycles. The Morgan fingerprint density at radius 1 is 1.05 bits per heavy atom. The molecule has 0 aromatic heterocycles. The summed E-state index contributed by atoms with van der Waals surface area (Å²) in [4.78, 5) is 14.0. The number of hydrogen-bond donors (Lipinski definition) is 1. The summed E-state index contributed by atoms with van der Waals surface area (Å²) < 4.78 is 5.41. The standard InChI is InChI=1S/C17H19NO2S/c1-17(2,14-9-5-3-6-10-14)18(13-21)16(19)20-15-11-7-4-8-12-15/h3-12,21H,13H2,1-2H3. The summed E-state index contributed by atoms with van der Waals surface area (Å²) >= 11 is 4.29. The zero-order valence-corrected chi connectivity index (χ0v) is 13.1. The Morgan fingerprint density at radius 2 is 1.57 bits per heavy atom. The number of amides is 1. The van der Waals surface area contributed by atoms with Gasteiger partial charge in [0.1, 0.15) is 5.75 Å². The lowest BCUT2D eigenvalue weighted by atomic mass is 9.93. The molecule has 2 aromatic rings. The zero-order chi connectivity index (χ0) is 15.3. The maximum Gasteiger partial charge on any atom is 0.416 e. The summed E-state index contributed by atoms with van der Waals surface area (Å²) in [6.45, 7) is 3.95. The normalized spacial score (nSPS) is 11.0. The Labute approximate surface area is 131 Å². The second-order valence-corrected chi connectivity index (χ2v) is 5.46. The number of benzene rings is 2. The lowest BCUT2D eigenvalue weighted by Gasteiger charge is -2.37. The van der Waals surface area contributed by atoms with Gasteiger partial charge in [0.2, 0.25) is 0 Å². The van der Waals surface area contributed by atoms with Crippen molar-refractivity contribution in [3.05, 3.63) is 66.2 Å². The number of carbonyl (C=O) groups is 1. The number of hydrogen-bond acceptors (Lipinski definition) is 3. The van der Waals surface area contributed by atoms with E-state index in [4.69, 9.17) is 4.74 Å². The number of nitrogens with zero attached hydrogens (tertiary/aromatic N) is 1. The molecule has 21 heavy (non-hydrogen) atoms. The molecule has 0 aliphatic carbocycles. The highest BCUT2D eigenvalue weighted by molar-refractivity contribution is 7.80. The molecule has 0 saturated heterocycles. The van der Waals surface area contributed by atoms with E-state index in [2.05, 4.69) is 12.6 Å². The van der Waals surface area contributed by atoms with E-state index in [-0.39, 0.29) is 5.88 Å². The molecule has 4 heteroatoms. The third-order valence-electron chi connectivity index (χ3n) is 3.47. The molecule has 0 atom stereocenters. The Balaban J connectivity index is 2.20. The number of rotatable bonds is 4. The van der Waals surface area contributed by atoms with Crippen LogP contribution in [0.15, 0.2) is 60.7 Å². The summed E-state index contributed by atoms with van der Waals surface area (Å²) in [6.07, 6.45) is -0.412. The zero-order valence-electron chi connectivity index (χ0n) is 12.2. The molecule has 0 radical (unpaired) electrons. The van der Waals surface area contributed by atoms with Gasteiger partial charge in [-0.2, -0.15) is 12.6 Å². The first-order valence-electron chi connectivity index (χ1n) is 6.76. The maximum atomic E-state index is 12.4. The predicted molar refractivity (Wildman–Crippen MR) is 87.6 cm³/mol. The molecule has 2 rings (SSSR count). The number of para-hydroxylation sites is 1. The fourth-order valence-electron chi connectivity index (χ4n) is 2.11. The lowest BCUT2D eigenvalue weighted by Crippen LogP contribution is -2.46. The fourth-order valence-corrected chi connectivity index (χ4v) is 2.58. The Bertz CT molecular complexity index is 584. The van der Waals surface area contributed by atoms with Crippen molar-refractivity contribution in [1.82, 2.24) is 4.90 Å². The van der Waals surface area contributed by atoms with Crippen LogP contribution in [0.2, 0.25) is 0 Å². The van der Waals surface area contributed by atoms with Gasteiger partial charge in [-0.15, -0.1) is 0 Å². The van der Waals surface area contributed by atoms with Crippen LogP contribution in [0.1, 0.15) is 19.4 Å². The van der Waals surface area contributed by atoms with Crippen LogP contribution in [0.25, 0.3) is 0 Å². The van der Waals surface area contributed by atoms with Crippen molar-refractivity contribution in [1.29, 1.82) is 0 Å². The van der Waals surface area contributed by atoms with E-state index in [0.717, 1.165) is 5.56 Å². The lowest BCUT2D eigenvalue weighted by molar-refractivity contribution is 0.112. The molecule has 0 unspecified atom stereocenters. The molecule has 0 fully saturated rings. The van der Waals surface area contributed by atoms with Crippen molar-refractivity contribution in [3.63, 3.8) is 0 Å². The monoisotopic (exact) mass is 301 g/mol. The summed E-state index contributed by atoms with van der Waals surface area (Å²) in [5.41, 5.74) is 0.526. The van der Waals surface area contributed by atoms with Gasteiger partial charge in [-0.1, -0.05) is 48.5 Å². The molecule has 0 spiro atoms. The van der Waals surface area contributed by atoms with Crippen molar-refractivity contribution in [2.45, 2.75) is 19.4 Å². The molecule has 0 N–H and O–H groups in total. The van der Waals surface area contributed by atoms with E-state index >= 15 is 0 Å². The van der Waals surface area contributed by atoms with Gasteiger partial charge in [-0.25, -0.2) is 4.79 Å². The SMILES string of the molecule is CC(C)(c1ccccc1)N(CS)C(=O)Oc1ccccc1. The van der Waals surface area contributed by atoms with Gasteiger partial charge >= 0.3 is 6.09 Å². The van der Waals surface area contributed by atoms with Crippen LogP contribution < -0.4 is 4.74 Å². The van der Waals surface area contributed by atoms with E-state index in [0.29, 0.717) is 5.75 Å². The van der Waals surface area contributed by atoms with Crippen molar-refractivity contribution < 1.29 is 9.53 Å². The summed E-state index contributed by atoms with van der Waals surface area (Å²) in [7, 11) is 0. The minimum atomic E-state index is -0.505. The molecule has 1 amide bonds. The second-order valence-electron chi connectivity index (χ2n) is 5.18. The van der Waals surface area contributed by atoms with Gasteiger partial charge in [0, 0.05) is 0 Å². The molecule has 0 bridgehead atoms. The largest absolute Gasteiger partial charge is 0.416 e. The quantitative estimate of drug-likeness (QED) is 0.673. The summed E-state index contributed by atoms with van der Waals surface area (Å²) in [5, 5.41) is 0. The molecule has 0 aliphatic rings. The first-order chi connectivity index (χ1) is 10.1. The minimum Gasteiger partial charge on any atom is -0.410 e. The van der Waals surface area contributed by atoms with Crippen LogP contribution in [0.4, 0.5) is 4.79 Å². The fraction of sp³-hybridized carbons (Fsp3) is 0.235. The Morgan fingerprint density at radius 3 is 2.10 bits per heavy atom. The van der Waals surface area contributed by atoms with E-state index in [9.17, 15) is 4.79 Å². The van der Waals surface area contributed by atoms with Gasteiger partial charge in [0.15, 0.2) is 0 Å². The number of ether oxygens (including phenoxy) is 1. The third kappa shape index (κ3) is 3.58. The van der Waals surface area contributed by atoms with E-state index in [1.165, 1.54) is 0 Å². The predicted octanol–water partition coefficient (Wildman–Crippen LogP) is 4.31. The van der Waals surface area contributed by atoms with Crippen molar-refractivity contribution in [2.75, 3.05) is 5.88 Å². The van der Waals surface area contributed by atoms with Gasteiger partial charge in [0.25, 0.3) is 0 Å². The average molecular weight is 301 g/mol. The van der Waals surface area contributed by atoms with Gasteiger partial charge in [-0.3, -0.25) is 4.90 Å². The Hall–Kier alpha value is -1.94. The first kappa shape index (κ1) is 15.4. The molecule has 2 aromatic carbocycles. The highest BCUT2D eigenvalue weighted by atomic mass is 32.1. The third-order valence-corrected chi connectivity index (χ3v) is 3.75. The van der Waals surface area contributed by atoms with Gasteiger partial charge in [-0.05, 0) is 31.5 Å². The molecule has 0 aliphatic heterocycles. The molecular formula is C17H19NO2S. The minimum absolute atomic E-state index is 0.271. The Kier molecular flexibility index (Phi) is 4.91. The highest BCUT2D eigenvalue weighted by Gasteiger charge is 2.33. The van der Waals surface area contributed by atoms with Crippen LogP contribution in [-0.2, 0) is 5.54 Å². The van der Waals surface area contributed by atoms with Crippen molar-refractivity contribution in [2.24, 2.45) is 0 Å². The smallest absolute Gasteiger partial charge is 0.410 e. The maximum absolute atomic E-state index is 12.4. The van der Waals surface area contributed by atoms with Crippen LogP contribution in [0.5, 0.6) is 5.75 Å². The van der Waals surface area contributed by atoms with Gasteiger partial charge < -0.3 is 4.74 Å². The highest BCUT2D eigenvalue weighted by Crippen LogP contribution is 2.29. The van der Waals surface area contributed by atoms with E-state index in [1.807, 2.05) is 62.4 Å². The van der Waals surface area contributed by atoms with Crippen LogP contribution >= 0.6 is 12.6 Å².